The number of hydrogen-bond acceptors (Lipinski definition) is 5. The molecule has 1 unspecified atom stereocenters. The highest BCUT2D eigenvalue weighted by atomic mass is 35.5. The molecule has 1 saturated heterocycles. The van der Waals surface area contributed by atoms with Crippen LogP contribution < -0.4 is 0 Å². The van der Waals surface area contributed by atoms with E-state index in [0.717, 1.165) is 0 Å². The first kappa shape index (κ1) is 15.3. The molecular formula is C11H17ClN4O3S. The lowest BCUT2D eigenvalue weighted by atomic mass is 9.95. The van der Waals surface area contributed by atoms with Gasteiger partial charge < -0.3 is 5.21 Å². The van der Waals surface area contributed by atoms with E-state index in [0.29, 0.717) is 25.1 Å². The lowest BCUT2D eigenvalue weighted by Gasteiger charge is -2.31. The monoisotopic (exact) mass is 320 g/mol. The third-order valence-electron chi connectivity index (χ3n) is 3.56. The molecule has 7 nitrogen and oxygen atoms in total. The molecular weight excluding hydrogens is 304 g/mol. The van der Waals surface area contributed by atoms with E-state index in [9.17, 15) is 8.42 Å². The number of halogens is 1. The predicted octanol–water partition coefficient (Wildman–Crippen LogP) is 1.32. The van der Waals surface area contributed by atoms with Crippen molar-refractivity contribution in [3.05, 3.63) is 11.2 Å². The van der Waals surface area contributed by atoms with Gasteiger partial charge in [-0.05, 0) is 6.42 Å². The van der Waals surface area contributed by atoms with Crippen LogP contribution in [0.5, 0.6) is 0 Å². The van der Waals surface area contributed by atoms with Gasteiger partial charge in [-0.3, -0.25) is 4.68 Å². The molecule has 9 heteroatoms. The molecule has 0 radical (unpaired) electrons. The van der Waals surface area contributed by atoms with Gasteiger partial charge in [0.1, 0.15) is 0 Å². The number of nitrogens with zero attached hydrogens (tertiary/aromatic N) is 4. The Balaban J connectivity index is 2.33. The van der Waals surface area contributed by atoms with Crippen LogP contribution >= 0.6 is 11.6 Å². The lowest BCUT2D eigenvalue weighted by molar-refractivity contribution is 0.295. The summed E-state index contributed by atoms with van der Waals surface area (Å²) < 4.78 is 27.9. The SMILES string of the molecule is CCC1CN(S(=O)(=O)c2c(Cl)cnn2C)CCC1=NO. The van der Waals surface area contributed by atoms with Crippen molar-refractivity contribution >= 4 is 27.3 Å². The first-order valence-corrected chi connectivity index (χ1v) is 8.12. The number of hydrogen-bond donors (Lipinski definition) is 1. The Kier molecular flexibility index (Phi) is 4.36. The van der Waals surface area contributed by atoms with E-state index in [2.05, 4.69) is 10.3 Å². The molecule has 1 fully saturated rings. The highest BCUT2D eigenvalue weighted by Gasteiger charge is 2.35. The first-order valence-electron chi connectivity index (χ1n) is 6.30. The topological polar surface area (TPSA) is 87.8 Å². The maximum atomic E-state index is 12.6. The third kappa shape index (κ3) is 2.55. The standard InChI is InChI=1S/C11H17ClN4O3S/c1-3-8-7-16(5-4-10(8)14-17)20(18,19)11-9(12)6-13-15(11)2/h6,8,17H,3-5,7H2,1-2H3. The zero-order valence-electron chi connectivity index (χ0n) is 11.3. The van der Waals surface area contributed by atoms with E-state index >= 15 is 0 Å². The van der Waals surface area contributed by atoms with Crippen LogP contribution in [0.4, 0.5) is 0 Å². The molecule has 2 heterocycles. The molecule has 1 N–H and O–H groups in total. The van der Waals surface area contributed by atoms with Gasteiger partial charge in [-0.2, -0.15) is 9.40 Å². The fourth-order valence-electron chi connectivity index (χ4n) is 2.41. The second kappa shape index (κ2) is 5.71. The molecule has 0 bridgehead atoms. The van der Waals surface area contributed by atoms with E-state index in [1.165, 1.54) is 15.2 Å². The number of oxime groups is 1. The van der Waals surface area contributed by atoms with Crippen molar-refractivity contribution in [3.63, 3.8) is 0 Å². The van der Waals surface area contributed by atoms with E-state index < -0.39 is 10.0 Å². The van der Waals surface area contributed by atoms with Gasteiger partial charge in [0.05, 0.1) is 16.9 Å². The molecule has 1 aliphatic rings. The minimum atomic E-state index is -3.69. The number of piperidine rings is 1. The summed E-state index contributed by atoms with van der Waals surface area (Å²) in [5.74, 6) is -0.0736. The molecule has 1 atom stereocenters. The molecule has 1 aromatic rings. The van der Waals surface area contributed by atoms with Crippen LogP contribution in [0.15, 0.2) is 16.4 Å². The van der Waals surface area contributed by atoms with Crippen LogP contribution in [-0.4, -0.2) is 46.5 Å². The van der Waals surface area contributed by atoms with E-state index in [4.69, 9.17) is 16.8 Å². The van der Waals surface area contributed by atoms with Crippen LogP contribution in [0.2, 0.25) is 5.02 Å². The summed E-state index contributed by atoms with van der Waals surface area (Å²) in [6, 6.07) is 0. The fourth-order valence-corrected chi connectivity index (χ4v) is 4.50. The van der Waals surface area contributed by atoms with E-state index in [1.54, 1.807) is 7.05 Å². The minimum Gasteiger partial charge on any atom is -0.411 e. The number of aryl methyl sites for hydroxylation is 1. The van der Waals surface area contributed by atoms with Gasteiger partial charge in [0.25, 0.3) is 10.0 Å². The number of aromatic nitrogens is 2. The van der Waals surface area contributed by atoms with Crippen LogP contribution in [0, 0.1) is 5.92 Å². The average Bonchev–Trinajstić information content (AvgIpc) is 2.77. The smallest absolute Gasteiger partial charge is 0.261 e. The summed E-state index contributed by atoms with van der Waals surface area (Å²) in [5, 5.41) is 16.2. The molecule has 0 amide bonds. The van der Waals surface area contributed by atoms with Crippen molar-refractivity contribution in [2.75, 3.05) is 13.1 Å². The summed E-state index contributed by atoms with van der Waals surface area (Å²) in [6.45, 7) is 2.50. The zero-order chi connectivity index (χ0) is 14.9. The zero-order valence-corrected chi connectivity index (χ0v) is 12.9. The molecule has 0 spiro atoms. The van der Waals surface area contributed by atoms with Gasteiger partial charge in [-0.1, -0.05) is 23.7 Å². The minimum absolute atomic E-state index is 0.00148. The molecule has 1 aliphatic heterocycles. The van der Waals surface area contributed by atoms with E-state index in [1.807, 2.05) is 6.92 Å². The van der Waals surface area contributed by atoms with Crippen LogP contribution in [0.1, 0.15) is 19.8 Å². The van der Waals surface area contributed by atoms with Crippen LogP contribution in [-0.2, 0) is 17.1 Å². The predicted molar refractivity (Wildman–Crippen MR) is 74.6 cm³/mol. The number of rotatable bonds is 3. The van der Waals surface area contributed by atoms with Crippen molar-refractivity contribution in [2.45, 2.75) is 24.8 Å². The molecule has 1 aromatic heterocycles. The Labute approximate surface area is 122 Å². The van der Waals surface area contributed by atoms with Gasteiger partial charge in [-0.25, -0.2) is 8.42 Å². The van der Waals surface area contributed by atoms with Crippen molar-refractivity contribution in [1.82, 2.24) is 14.1 Å². The molecule has 20 heavy (non-hydrogen) atoms. The second-order valence-electron chi connectivity index (χ2n) is 4.73. The van der Waals surface area contributed by atoms with Gasteiger partial charge in [0.15, 0.2) is 5.03 Å². The summed E-state index contributed by atoms with van der Waals surface area (Å²) >= 11 is 5.92. The third-order valence-corrected chi connectivity index (χ3v) is 5.93. The Hall–Kier alpha value is -1.12. The van der Waals surface area contributed by atoms with Crippen LogP contribution in [0.25, 0.3) is 0 Å². The Bertz CT molecular complexity index is 606. The number of sulfonamides is 1. The fraction of sp³-hybridized carbons (Fsp3) is 0.636. The maximum absolute atomic E-state index is 12.6. The summed E-state index contributed by atoms with van der Waals surface area (Å²) in [5.41, 5.74) is 0.648. The van der Waals surface area contributed by atoms with Gasteiger partial charge >= 0.3 is 0 Å². The van der Waals surface area contributed by atoms with Gasteiger partial charge in [0, 0.05) is 32.5 Å². The molecule has 0 saturated carbocycles. The summed E-state index contributed by atoms with van der Waals surface area (Å²) in [6.07, 6.45) is 2.45. The largest absolute Gasteiger partial charge is 0.411 e. The molecule has 0 aromatic carbocycles. The average molecular weight is 321 g/mol. The normalized spacial score (nSPS) is 23.4. The van der Waals surface area contributed by atoms with Crippen molar-refractivity contribution < 1.29 is 13.6 Å². The molecule has 112 valence electrons. The van der Waals surface area contributed by atoms with Crippen molar-refractivity contribution in [3.8, 4) is 0 Å². The van der Waals surface area contributed by atoms with Gasteiger partial charge in [-0.15, -0.1) is 0 Å². The van der Waals surface area contributed by atoms with Crippen molar-refractivity contribution in [1.29, 1.82) is 0 Å². The maximum Gasteiger partial charge on any atom is 0.261 e. The summed E-state index contributed by atoms with van der Waals surface area (Å²) in [4.78, 5) is 0. The van der Waals surface area contributed by atoms with Crippen molar-refractivity contribution in [2.24, 2.45) is 18.1 Å². The highest BCUT2D eigenvalue weighted by Crippen LogP contribution is 2.27. The Morgan fingerprint density at radius 3 is 2.80 bits per heavy atom. The first-order chi connectivity index (χ1) is 9.41. The Morgan fingerprint density at radius 1 is 1.60 bits per heavy atom. The Morgan fingerprint density at radius 2 is 2.30 bits per heavy atom. The van der Waals surface area contributed by atoms with Crippen LogP contribution in [0.3, 0.4) is 0 Å². The highest BCUT2D eigenvalue weighted by molar-refractivity contribution is 7.89. The van der Waals surface area contributed by atoms with Gasteiger partial charge in [0.2, 0.25) is 0 Å². The quantitative estimate of drug-likeness (QED) is 0.672. The lowest BCUT2D eigenvalue weighted by Crippen LogP contribution is -2.44. The molecule has 0 aliphatic carbocycles. The van der Waals surface area contributed by atoms with E-state index in [-0.39, 0.29) is 22.5 Å². The molecule has 2 rings (SSSR count). The second-order valence-corrected chi connectivity index (χ2v) is 6.99. The summed E-state index contributed by atoms with van der Waals surface area (Å²) in [7, 11) is -2.15.